The molecule has 3 heteroatoms. The fourth-order valence-electron chi connectivity index (χ4n) is 1.77. The molecule has 0 aromatic heterocycles. The second-order valence-corrected chi connectivity index (χ2v) is 3.84. The van der Waals surface area contributed by atoms with Crippen molar-refractivity contribution in [1.29, 1.82) is 0 Å². The molecule has 0 spiro atoms. The first-order chi connectivity index (χ1) is 6.66. The number of hydrogen-bond acceptors (Lipinski definition) is 1. The molecule has 0 saturated heterocycles. The molecule has 1 aromatic rings. The van der Waals surface area contributed by atoms with Gasteiger partial charge in [-0.2, -0.15) is 0 Å². The van der Waals surface area contributed by atoms with Crippen LogP contribution in [0.15, 0.2) is 18.2 Å². The Hall–Kier alpha value is -0.960. The minimum Gasteiger partial charge on any atom is -0.388 e. The van der Waals surface area contributed by atoms with Crippen LogP contribution in [0.25, 0.3) is 0 Å². The first kappa shape index (κ1) is 9.59. The van der Waals surface area contributed by atoms with Crippen LogP contribution in [-0.4, -0.2) is 5.11 Å². The highest BCUT2D eigenvalue weighted by molar-refractivity contribution is 5.21. The van der Waals surface area contributed by atoms with E-state index in [0.717, 1.165) is 25.3 Å². The first-order valence-electron chi connectivity index (χ1n) is 4.81. The third-order valence-corrected chi connectivity index (χ3v) is 2.82. The molecule has 0 amide bonds. The Morgan fingerprint density at radius 1 is 1.14 bits per heavy atom. The molecule has 1 unspecified atom stereocenters. The van der Waals surface area contributed by atoms with Crippen molar-refractivity contribution in [2.45, 2.75) is 25.4 Å². The molecule has 14 heavy (non-hydrogen) atoms. The number of halogens is 2. The van der Waals surface area contributed by atoms with Gasteiger partial charge < -0.3 is 5.11 Å². The summed E-state index contributed by atoms with van der Waals surface area (Å²) in [6.07, 6.45) is 2.27. The lowest BCUT2D eigenvalue weighted by atomic mass is 9.79. The standard InChI is InChI=1S/C11H12F2O/c12-9-4-8(5-10(13)6-9)11(14)7-2-1-3-7/h4-7,11,14H,1-3H2. The van der Waals surface area contributed by atoms with E-state index < -0.39 is 17.7 Å². The molecule has 1 aromatic carbocycles. The maximum atomic E-state index is 12.8. The molecule has 1 atom stereocenters. The maximum absolute atomic E-state index is 12.8. The van der Waals surface area contributed by atoms with Crippen molar-refractivity contribution in [3.05, 3.63) is 35.4 Å². The molecule has 1 nitrogen and oxygen atoms in total. The molecular formula is C11H12F2O. The Balaban J connectivity index is 2.21. The lowest BCUT2D eigenvalue weighted by Crippen LogP contribution is -2.20. The zero-order valence-electron chi connectivity index (χ0n) is 7.71. The summed E-state index contributed by atoms with van der Waals surface area (Å²) in [4.78, 5) is 0. The molecular weight excluding hydrogens is 186 g/mol. The molecule has 76 valence electrons. The van der Waals surface area contributed by atoms with E-state index in [1.165, 1.54) is 12.1 Å². The number of hydrogen-bond donors (Lipinski definition) is 1. The average molecular weight is 198 g/mol. The molecule has 1 saturated carbocycles. The Kier molecular flexibility index (Phi) is 2.50. The first-order valence-corrected chi connectivity index (χ1v) is 4.81. The van der Waals surface area contributed by atoms with Gasteiger partial charge in [0.15, 0.2) is 0 Å². The van der Waals surface area contributed by atoms with Crippen LogP contribution in [0.1, 0.15) is 30.9 Å². The van der Waals surface area contributed by atoms with E-state index in [-0.39, 0.29) is 5.92 Å². The monoisotopic (exact) mass is 198 g/mol. The van der Waals surface area contributed by atoms with Gasteiger partial charge in [-0.25, -0.2) is 8.78 Å². The molecule has 1 aliphatic carbocycles. The Labute approximate surface area is 81.4 Å². The van der Waals surface area contributed by atoms with E-state index in [1.54, 1.807) is 0 Å². The fourth-order valence-corrected chi connectivity index (χ4v) is 1.77. The molecule has 0 bridgehead atoms. The van der Waals surface area contributed by atoms with Crippen LogP contribution >= 0.6 is 0 Å². The number of rotatable bonds is 2. The Morgan fingerprint density at radius 3 is 2.14 bits per heavy atom. The highest BCUT2D eigenvalue weighted by atomic mass is 19.1. The van der Waals surface area contributed by atoms with Crippen molar-refractivity contribution in [1.82, 2.24) is 0 Å². The van der Waals surface area contributed by atoms with Gasteiger partial charge >= 0.3 is 0 Å². The lowest BCUT2D eigenvalue weighted by Gasteiger charge is -2.30. The van der Waals surface area contributed by atoms with E-state index in [2.05, 4.69) is 0 Å². The summed E-state index contributed by atoms with van der Waals surface area (Å²) in [7, 11) is 0. The summed E-state index contributed by atoms with van der Waals surface area (Å²) in [5.74, 6) is -1.08. The predicted molar refractivity (Wildman–Crippen MR) is 48.7 cm³/mol. The van der Waals surface area contributed by atoms with E-state index in [4.69, 9.17) is 0 Å². The maximum Gasteiger partial charge on any atom is 0.126 e. The van der Waals surface area contributed by atoms with Crippen LogP contribution in [0.3, 0.4) is 0 Å². The second kappa shape index (κ2) is 3.65. The van der Waals surface area contributed by atoms with E-state index in [9.17, 15) is 13.9 Å². The second-order valence-electron chi connectivity index (χ2n) is 3.84. The average Bonchev–Trinajstić information content (AvgIpc) is 1.98. The highest BCUT2D eigenvalue weighted by Gasteiger charge is 2.27. The predicted octanol–water partition coefficient (Wildman–Crippen LogP) is 2.80. The van der Waals surface area contributed by atoms with Gasteiger partial charge in [-0.15, -0.1) is 0 Å². The third-order valence-electron chi connectivity index (χ3n) is 2.82. The van der Waals surface area contributed by atoms with Gasteiger partial charge in [-0.3, -0.25) is 0 Å². The van der Waals surface area contributed by atoms with Gasteiger partial charge in [0, 0.05) is 6.07 Å². The van der Waals surface area contributed by atoms with Crippen LogP contribution in [0.2, 0.25) is 0 Å². The van der Waals surface area contributed by atoms with E-state index in [0.29, 0.717) is 5.56 Å². The van der Waals surface area contributed by atoms with Crippen LogP contribution in [0.5, 0.6) is 0 Å². The topological polar surface area (TPSA) is 20.2 Å². The Bertz CT molecular complexity index is 314. The fraction of sp³-hybridized carbons (Fsp3) is 0.455. The highest BCUT2D eigenvalue weighted by Crippen LogP contribution is 2.37. The number of aliphatic hydroxyl groups excluding tert-OH is 1. The van der Waals surface area contributed by atoms with Crippen molar-refractivity contribution < 1.29 is 13.9 Å². The minimum absolute atomic E-state index is 0.177. The normalized spacial score (nSPS) is 19.1. The molecule has 1 aliphatic rings. The smallest absolute Gasteiger partial charge is 0.126 e. The van der Waals surface area contributed by atoms with Crippen molar-refractivity contribution in [2.24, 2.45) is 5.92 Å². The summed E-state index contributed by atoms with van der Waals surface area (Å²) < 4.78 is 25.6. The molecule has 1 fully saturated rings. The van der Waals surface area contributed by atoms with Gasteiger partial charge in [0.2, 0.25) is 0 Å². The number of benzene rings is 1. The minimum atomic E-state index is -0.714. The Morgan fingerprint density at radius 2 is 1.71 bits per heavy atom. The largest absolute Gasteiger partial charge is 0.388 e. The summed E-state index contributed by atoms with van der Waals surface area (Å²) in [6.45, 7) is 0. The summed E-state index contributed by atoms with van der Waals surface area (Å²) in [5, 5.41) is 9.76. The molecule has 0 radical (unpaired) electrons. The van der Waals surface area contributed by atoms with Gasteiger partial charge in [-0.05, 0) is 36.5 Å². The molecule has 1 N–H and O–H groups in total. The van der Waals surface area contributed by atoms with Gasteiger partial charge in [0.1, 0.15) is 11.6 Å². The van der Waals surface area contributed by atoms with Crippen LogP contribution in [0, 0.1) is 17.6 Å². The summed E-state index contributed by atoms with van der Waals surface area (Å²) >= 11 is 0. The van der Waals surface area contributed by atoms with E-state index in [1.807, 2.05) is 0 Å². The van der Waals surface area contributed by atoms with Crippen molar-refractivity contribution in [2.75, 3.05) is 0 Å². The SMILES string of the molecule is OC(c1cc(F)cc(F)c1)C1CCC1. The van der Waals surface area contributed by atoms with Gasteiger partial charge in [-0.1, -0.05) is 6.42 Å². The summed E-state index contributed by atoms with van der Waals surface area (Å²) in [6, 6.07) is 3.22. The van der Waals surface area contributed by atoms with Crippen LogP contribution < -0.4 is 0 Å². The van der Waals surface area contributed by atoms with Crippen LogP contribution in [0.4, 0.5) is 8.78 Å². The van der Waals surface area contributed by atoms with Crippen molar-refractivity contribution >= 4 is 0 Å². The quantitative estimate of drug-likeness (QED) is 0.774. The lowest BCUT2D eigenvalue weighted by molar-refractivity contribution is 0.0616. The van der Waals surface area contributed by atoms with Crippen molar-refractivity contribution in [3.8, 4) is 0 Å². The molecule has 2 rings (SSSR count). The van der Waals surface area contributed by atoms with Gasteiger partial charge in [0.25, 0.3) is 0 Å². The van der Waals surface area contributed by atoms with E-state index >= 15 is 0 Å². The number of aliphatic hydroxyl groups is 1. The van der Waals surface area contributed by atoms with Crippen molar-refractivity contribution in [3.63, 3.8) is 0 Å². The third kappa shape index (κ3) is 1.77. The molecule has 0 heterocycles. The van der Waals surface area contributed by atoms with Crippen LogP contribution in [-0.2, 0) is 0 Å². The van der Waals surface area contributed by atoms with Gasteiger partial charge in [0.05, 0.1) is 6.10 Å². The zero-order chi connectivity index (χ0) is 10.1. The molecule has 0 aliphatic heterocycles. The zero-order valence-corrected chi connectivity index (χ0v) is 7.71. The summed E-state index contributed by atoms with van der Waals surface area (Å²) in [5.41, 5.74) is 0.354.